The summed E-state index contributed by atoms with van der Waals surface area (Å²) in [5, 5.41) is 0.663. The molecule has 0 spiro atoms. The number of rotatable bonds is 9. The summed E-state index contributed by atoms with van der Waals surface area (Å²) in [7, 11) is 0. The molecule has 6 heteroatoms. The van der Waals surface area contributed by atoms with Crippen molar-refractivity contribution < 1.29 is 9.53 Å². The molecule has 0 fully saturated rings. The first-order valence-corrected chi connectivity index (χ1v) is 10.8. The summed E-state index contributed by atoms with van der Waals surface area (Å²) in [5.74, 6) is 2.38. The van der Waals surface area contributed by atoms with Crippen LogP contribution >= 0.6 is 11.6 Å². The third-order valence-corrected chi connectivity index (χ3v) is 4.98. The van der Waals surface area contributed by atoms with E-state index in [-0.39, 0.29) is 19.1 Å². The van der Waals surface area contributed by atoms with Gasteiger partial charge in [-0.3, -0.25) is 4.79 Å². The van der Waals surface area contributed by atoms with Gasteiger partial charge in [0.1, 0.15) is 24.7 Å². The highest BCUT2D eigenvalue weighted by Crippen LogP contribution is 2.20. The number of ether oxygens (including phenoxy) is 1. The lowest BCUT2D eigenvalue weighted by atomic mass is 10.1. The second kappa shape index (κ2) is 9.98. The van der Waals surface area contributed by atoms with Gasteiger partial charge in [-0.1, -0.05) is 51.4 Å². The van der Waals surface area contributed by atoms with Gasteiger partial charge in [0.15, 0.2) is 0 Å². The van der Waals surface area contributed by atoms with Gasteiger partial charge in [-0.15, -0.1) is 0 Å². The van der Waals surface area contributed by atoms with Crippen LogP contribution in [0.25, 0.3) is 11.0 Å². The topological polar surface area (TPSA) is 47.4 Å². The Labute approximate surface area is 183 Å². The molecule has 0 atom stereocenters. The monoisotopic (exact) mass is 427 g/mol. The molecule has 0 aliphatic carbocycles. The van der Waals surface area contributed by atoms with Gasteiger partial charge in [-0.05, 0) is 48.2 Å². The predicted molar refractivity (Wildman–Crippen MR) is 122 cm³/mol. The summed E-state index contributed by atoms with van der Waals surface area (Å²) in [4.78, 5) is 19.9. The van der Waals surface area contributed by atoms with Gasteiger partial charge in [-0.2, -0.15) is 0 Å². The number of aromatic nitrogens is 2. The summed E-state index contributed by atoms with van der Waals surface area (Å²) in [6.07, 6.45) is 0. The predicted octanol–water partition coefficient (Wildman–Crippen LogP) is 5.41. The third kappa shape index (κ3) is 5.76. The smallest absolute Gasteiger partial charge is 0.242 e. The number of para-hydroxylation sites is 2. The normalized spacial score (nSPS) is 11.4. The van der Waals surface area contributed by atoms with Crippen LogP contribution < -0.4 is 4.74 Å². The molecular weight excluding hydrogens is 398 g/mol. The molecule has 3 rings (SSSR count). The number of fused-ring (bicyclic) bond motifs is 1. The quantitative estimate of drug-likeness (QED) is 0.458. The van der Waals surface area contributed by atoms with Crippen LogP contribution in [0, 0.1) is 11.8 Å². The van der Waals surface area contributed by atoms with Crippen molar-refractivity contribution in [2.24, 2.45) is 11.8 Å². The van der Waals surface area contributed by atoms with E-state index in [4.69, 9.17) is 21.3 Å². The first-order valence-electron chi connectivity index (χ1n) is 10.4. The Morgan fingerprint density at radius 2 is 1.67 bits per heavy atom. The lowest BCUT2D eigenvalue weighted by Gasteiger charge is -2.27. The Bertz CT molecular complexity index is 970. The molecule has 0 unspecified atom stereocenters. The number of imidazole rings is 1. The maximum absolute atomic E-state index is 13.2. The van der Waals surface area contributed by atoms with Crippen molar-refractivity contribution in [3.8, 4) is 5.75 Å². The minimum absolute atomic E-state index is 0.105. The molecule has 0 radical (unpaired) electrons. The fourth-order valence-electron chi connectivity index (χ4n) is 3.49. The first kappa shape index (κ1) is 22.2. The van der Waals surface area contributed by atoms with E-state index in [0.29, 0.717) is 22.6 Å². The number of carbonyl (C=O) groups excluding carboxylic acids is 1. The Morgan fingerprint density at radius 1 is 1.03 bits per heavy atom. The number of hydrogen-bond acceptors (Lipinski definition) is 3. The van der Waals surface area contributed by atoms with E-state index in [1.54, 1.807) is 12.1 Å². The highest BCUT2D eigenvalue weighted by molar-refractivity contribution is 6.30. The summed E-state index contributed by atoms with van der Waals surface area (Å²) >= 11 is 5.95. The Balaban J connectivity index is 1.84. The van der Waals surface area contributed by atoms with Gasteiger partial charge in [0.05, 0.1) is 11.0 Å². The second-order valence-electron chi connectivity index (χ2n) is 8.43. The molecule has 160 valence electrons. The molecule has 0 aliphatic heterocycles. The SMILES string of the molecule is CC(C)CN(CC(C)C)C(=O)Cn1c(COc2ccc(Cl)cc2)nc2ccccc21. The van der Waals surface area contributed by atoms with Crippen molar-refractivity contribution in [1.82, 2.24) is 14.5 Å². The van der Waals surface area contributed by atoms with E-state index >= 15 is 0 Å². The fraction of sp³-hybridized carbons (Fsp3) is 0.417. The molecule has 0 saturated carbocycles. The molecule has 0 N–H and O–H groups in total. The largest absolute Gasteiger partial charge is 0.486 e. The van der Waals surface area contributed by atoms with Gasteiger partial charge in [0.25, 0.3) is 0 Å². The van der Waals surface area contributed by atoms with Crippen LogP contribution in [0.3, 0.4) is 0 Å². The van der Waals surface area contributed by atoms with Crippen LogP contribution in [-0.4, -0.2) is 33.4 Å². The molecule has 0 aliphatic rings. The summed E-state index contributed by atoms with van der Waals surface area (Å²) in [5.41, 5.74) is 1.80. The zero-order chi connectivity index (χ0) is 21.7. The summed E-state index contributed by atoms with van der Waals surface area (Å²) < 4.78 is 7.90. The summed E-state index contributed by atoms with van der Waals surface area (Å²) in [6.45, 7) is 10.6. The molecule has 0 saturated heterocycles. The van der Waals surface area contributed by atoms with Gasteiger partial charge in [0, 0.05) is 18.1 Å². The van der Waals surface area contributed by atoms with Gasteiger partial charge < -0.3 is 14.2 Å². The standard InChI is InChI=1S/C24H30ClN3O2/c1-17(2)13-27(14-18(3)4)24(29)15-28-22-8-6-5-7-21(22)26-23(28)16-30-20-11-9-19(25)10-12-20/h5-12,17-18H,13-16H2,1-4H3. The lowest BCUT2D eigenvalue weighted by molar-refractivity contribution is -0.132. The van der Waals surface area contributed by atoms with Crippen LogP contribution in [0.5, 0.6) is 5.75 Å². The average molecular weight is 428 g/mol. The second-order valence-corrected chi connectivity index (χ2v) is 8.87. The zero-order valence-electron chi connectivity index (χ0n) is 18.1. The first-order chi connectivity index (χ1) is 14.3. The minimum atomic E-state index is 0.105. The minimum Gasteiger partial charge on any atom is -0.486 e. The van der Waals surface area contributed by atoms with E-state index in [1.165, 1.54) is 0 Å². The number of hydrogen-bond donors (Lipinski definition) is 0. The number of amides is 1. The van der Waals surface area contributed by atoms with Crippen molar-refractivity contribution in [3.63, 3.8) is 0 Å². The molecule has 1 heterocycles. The highest BCUT2D eigenvalue weighted by Gasteiger charge is 2.20. The number of benzene rings is 2. The molecule has 0 bridgehead atoms. The number of halogens is 1. The van der Waals surface area contributed by atoms with Crippen molar-refractivity contribution in [1.29, 1.82) is 0 Å². The molecule has 5 nitrogen and oxygen atoms in total. The highest BCUT2D eigenvalue weighted by atomic mass is 35.5. The van der Waals surface area contributed by atoms with E-state index in [9.17, 15) is 4.79 Å². The summed E-state index contributed by atoms with van der Waals surface area (Å²) in [6, 6.07) is 15.1. The number of carbonyl (C=O) groups is 1. The number of nitrogens with zero attached hydrogens (tertiary/aromatic N) is 3. The van der Waals surface area contributed by atoms with Crippen LogP contribution in [-0.2, 0) is 17.9 Å². The lowest BCUT2D eigenvalue weighted by Crippen LogP contribution is -2.39. The molecule has 1 aromatic heterocycles. The van der Waals surface area contributed by atoms with E-state index in [0.717, 1.165) is 29.9 Å². The van der Waals surface area contributed by atoms with Crippen molar-refractivity contribution >= 4 is 28.5 Å². The van der Waals surface area contributed by atoms with Crippen molar-refractivity contribution in [3.05, 3.63) is 59.4 Å². The Hall–Kier alpha value is -2.53. The van der Waals surface area contributed by atoms with E-state index in [2.05, 4.69) is 27.7 Å². The zero-order valence-corrected chi connectivity index (χ0v) is 18.9. The fourth-order valence-corrected chi connectivity index (χ4v) is 3.61. The molecule has 1 amide bonds. The van der Waals surface area contributed by atoms with Crippen molar-refractivity contribution in [2.45, 2.75) is 40.8 Å². The Morgan fingerprint density at radius 3 is 2.30 bits per heavy atom. The van der Waals surface area contributed by atoms with Crippen LogP contribution in [0.1, 0.15) is 33.5 Å². The molecule has 2 aromatic carbocycles. The van der Waals surface area contributed by atoms with Gasteiger partial charge >= 0.3 is 0 Å². The average Bonchev–Trinajstić information content (AvgIpc) is 3.04. The van der Waals surface area contributed by atoms with Crippen LogP contribution in [0.4, 0.5) is 0 Å². The third-order valence-electron chi connectivity index (χ3n) is 4.73. The molecular formula is C24H30ClN3O2. The Kier molecular flexibility index (Phi) is 7.38. The maximum Gasteiger partial charge on any atom is 0.242 e. The molecule has 30 heavy (non-hydrogen) atoms. The van der Waals surface area contributed by atoms with Crippen LogP contribution in [0.15, 0.2) is 48.5 Å². The molecule has 3 aromatic rings. The van der Waals surface area contributed by atoms with Gasteiger partial charge in [-0.25, -0.2) is 4.98 Å². The maximum atomic E-state index is 13.2. The van der Waals surface area contributed by atoms with Gasteiger partial charge in [0.2, 0.25) is 5.91 Å². The van der Waals surface area contributed by atoms with Crippen LogP contribution in [0.2, 0.25) is 5.02 Å². The van der Waals surface area contributed by atoms with E-state index < -0.39 is 0 Å². The van der Waals surface area contributed by atoms with E-state index in [1.807, 2.05) is 45.9 Å². The van der Waals surface area contributed by atoms with Crippen molar-refractivity contribution in [2.75, 3.05) is 13.1 Å².